The van der Waals surface area contributed by atoms with Gasteiger partial charge >= 0.3 is 0 Å². The number of ether oxygens (including phenoxy) is 1. The smallest absolute Gasteiger partial charge is 0.193 e. The fraction of sp³-hybridized carbons (Fsp3) is 0.100. The number of anilines is 1. The van der Waals surface area contributed by atoms with Gasteiger partial charge in [0.05, 0.1) is 0 Å². The molecule has 0 radical (unpaired) electrons. The van der Waals surface area contributed by atoms with Crippen LogP contribution in [0.3, 0.4) is 0 Å². The summed E-state index contributed by atoms with van der Waals surface area (Å²) in [5.41, 5.74) is 11.2. The van der Waals surface area contributed by atoms with Gasteiger partial charge in [0, 0.05) is 33.5 Å². The zero-order chi connectivity index (χ0) is 31.7. The SMILES string of the molecule is CC(C)(C)c1ccc(C(=O)c2ccc(C(=O)c3ccc(Oc4ccc(O)c(-c5ccc(N)cc5)c4)cc3)c3ccccc23)cc1. The lowest BCUT2D eigenvalue weighted by Crippen LogP contribution is -2.11. The van der Waals surface area contributed by atoms with E-state index in [4.69, 9.17) is 10.5 Å². The first-order valence-electron chi connectivity index (χ1n) is 14.8. The van der Waals surface area contributed by atoms with E-state index in [0.717, 1.165) is 21.9 Å². The standard InChI is InChI=1S/C40H33NO4/c1-40(2,3)28-14-8-26(9-15-28)38(43)34-21-22-35(33-7-5-4-6-32(33)34)39(44)27-12-18-30(19-13-27)45-31-20-23-37(42)36(24-31)25-10-16-29(41)17-11-25/h4-24,42H,41H2,1-3H3. The van der Waals surface area contributed by atoms with Crippen LogP contribution in [0.4, 0.5) is 5.69 Å². The maximum atomic E-state index is 13.7. The van der Waals surface area contributed by atoms with Gasteiger partial charge in [-0.3, -0.25) is 9.59 Å². The summed E-state index contributed by atoms with van der Waals surface area (Å²) in [5, 5.41) is 11.9. The van der Waals surface area contributed by atoms with E-state index < -0.39 is 0 Å². The van der Waals surface area contributed by atoms with Gasteiger partial charge in [-0.2, -0.15) is 0 Å². The van der Waals surface area contributed by atoms with Crippen LogP contribution in [0.15, 0.2) is 127 Å². The molecule has 0 aliphatic rings. The number of phenolic OH excluding ortho intramolecular Hbond substituents is 1. The van der Waals surface area contributed by atoms with Crippen molar-refractivity contribution < 1.29 is 19.4 Å². The van der Waals surface area contributed by atoms with Crippen LogP contribution in [0.1, 0.15) is 58.2 Å². The van der Waals surface area contributed by atoms with Crippen LogP contribution in [0, 0.1) is 0 Å². The topological polar surface area (TPSA) is 89.6 Å². The highest BCUT2D eigenvalue weighted by Crippen LogP contribution is 2.35. The summed E-state index contributed by atoms with van der Waals surface area (Å²) in [5.74, 6) is 0.982. The predicted molar refractivity (Wildman–Crippen MR) is 180 cm³/mol. The molecule has 6 aromatic carbocycles. The van der Waals surface area contributed by atoms with E-state index in [9.17, 15) is 14.7 Å². The average Bonchev–Trinajstić information content (AvgIpc) is 3.05. The Morgan fingerprint density at radius 3 is 1.67 bits per heavy atom. The minimum atomic E-state index is -0.151. The maximum absolute atomic E-state index is 13.7. The number of nitrogen functional groups attached to an aromatic ring is 1. The molecule has 5 nitrogen and oxygen atoms in total. The number of ketones is 2. The third-order valence-electron chi connectivity index (χ3n) is 7.97. The lowest BCUT2D eigenvalue weighted by molar-refractivity contribution is 0.103. The molecule has 0 aromatic heterocycles. The van der Waals surface area contributed by atoms with Crippen LogP contribution in [0.25, 0.3) is 21.9 Å². The van der Waals surface area contributed by atoms with Crippen molar-refractivity contribution in [2.75, 3.05) is 5.73 Å². The first-order chi connectivity index (χ1) is 21.6. The lowest BCUT2D eigenvalue weighted by atomic mass is 9.86. The van der Waals surface area contributed by atoms with E-state index in [1.54, 1.807) is 66.7 Å². The van der Waals surface area contributed by atoms with E-state index in [1.165, 1.54) is 0 Å². The third-order valence-corrected chi connectivity index (χ3v) is 7.97. The predicted octanol–water partition coefficient (Wildman–Crippen LogP) is 9.35. The first-order valence-corrected chi connectivity index (χ1v) is 14.8. The van der Waals surface area contributed by atoms with Crippen LogP contribution in [0.5, 0.6) is 17.2 Å². The minimum absolute atomic E-state index is 0.00609. The molecule has 5 heteroatoms. The molecular weight excluding hydrogens is 558 g/mol. The Balaban J connectivity index is 1.24. The van der Waals surface area contributed by atoms with Crippen LogP contribution >= 0.6 is 0 Å². The molecule has 6 rings (SSSR count). The second-order valence-electron chi connectivity index (χ2n) is 12.1. The molecule has 0 fully saturated rings. The highest BCUT2D eigenvalue weighted by atomic mass is 16.5. The van der Waals surface area contributed by atoms with E-state index in [2.05, 4.69) is 20.8 Å². The monoisotopic (exact) mass is 591 g/mol. The second-order valence-corrected chi connectivity index (χ2v) is 12.1. The molecule has 0 aliphatic heterocycles. The summed E-state index contributed by atoms with van der Waals surface area (Å²) < 4.78 is 6.06. The number of benzene rings is 6. The summed E-state index contributed by atoms with van der Waals surface area (Å²) in [4.78, 5) is 27.3. The number of phenols is 1. The summed E-state index contributed by atoms with van der Waals surface area (Å²) in [7, 11) is 0. The van der Waals surface area contributed by atoms with Crippen molar-refractivity contribution in [2.45, 2.75) is 26.2 Å². The summed E-state index contributed by atoms with van der Waals surface area (Å²) >= 11 is 0. The van der Waals surface area contributed by atoms with Crippen molar-refractivity contribution in [1.82, 2.24) is 0 Å². The van der Waals surface area contributed by atoms with Gasteiger partial charge in [0.2, 0.25) is 0 Å². The zero-order valence-corrected chi connectivity index (χ0v) is 25.4. The molecule has 0 amide bonds. The second kappa shape index (κ2) is 11.8. The van der Waals surface area contributed by atoms with Crippen LogP contribution < -0.4 is 10.5 Å². The van der Waals surface area contributed by atoms with Gasteiger partial charge < -0.3 is 15.6 Å². The quantitative estimate of drug-likeness (QED) is 0.143. The lowest BCUT2D eigenvalue weighted by Gasteiger charge is -2.19. The molecule has 45 heavy (non-hydrogen) atoms. The van der Waals surface area contributed by atoms with Gasteiger partial charge in [0.25, 0.3) is 0 Å². The zero-order valence-electron chi connectivity index (χ0n) is 25.4. The minimum Gasteiger partial charge on any atom is -0.507 e. The molecule has 3 N–H and O–H groups in total. The number of rotatable bonds is 7. The van der Waals surface area contributed by atoms with Crippen molar-refractivity contribution in [1.29, 1.82) is 0 Å². The number of carbonyl (C=O) groups is 2. The van der Waals surface area contributed by atoms with Crippen LogP contribution in [0.2, 0.25) is 0 Å². The Morgan fingerprint density at radius 2 is 1.13 bits per heavy atom. The third kappa shape index (κ3) is 6.06. The number of fused-ring (bicyclic) bond motifs is 1. The van der Waals surface area contributed by atoms with Crippen LogP contribution in [-0.2, 0) is 5.41 Å². The number of carbonyl (C=O) groups excluding carboxylic acids is 2. The Bertz CT molecular complexity index is 2040. The molecule has 0 spiro atoms. The van der Waals surface area contributed by atoms with Gasteiger partial charge in [0.1, 0.15) is 17.2 Å². The Morgan fingerprint density at radius 1 is 0.622 bits per heavy atom. The van der Waals surface area contributed by atoms with E-state index >= 15 is 0 Å². The normalized spacial score (nSPS) is 11.4. The highest BCUT2D eigenvalue weighted by molar-refractivity contribution is 6.22. The van der Waals surface area contributed by atoms with Gasteiger partial charge in [-0.05, 0) is 94.0 Å². The summed E-state index contributed by atoms with van der Waals surface area (Å²) in [6.45, 7) is 6.42. The molecule has 0 aliphatic carbocycles. The van der Waals surface area contributed by atoms with Crippen molar-refractivity contribution in [3.63, 3.8) is 0 Å². The molecule has 0 bridgehead atoms. The van der Waals surface area contributed by atoms with Crippen molar-refractivity contribution in [2.24, 2.45) is 0 Å². The van der Waals surface area contributed by atoms with E-state index in [-0.39, 0.29) is 22.7 Å². The fourth-order valence-electron chi connectivity index (χ4n) is 5.41. The maximum Gasteiger partial charge on any atom is 0.193 e. The Labute approximate surface area is 262 Å². The van der Waals surface area contributed by atoms with Gasteiger partial charge in [-0.15, -0.1) is 0 Å². The van der Waals surface area contributed by atoms with Crippen molar-refractivity contribution >= 4 is 28.0 Å². The van der Waals surface area contributed by atoms with E-state index in [0.29, 0.717) is 45.0 Å². The molecular formula is C40H33NO4. The highest BCUT2D eigenvalue weighted by Gasteiger charge is 2.20. The molecule has 6 aromatic rings. The van der Waals surface area contributed by atoms with Gasteiger partial charge in [0.15, 0.2) is 11.6 Å². The first kappa shape index (κ1) is 29.4. The number of hydrogen-bond acceptors (Lipinski definition) is 5. The molecule has 0 heterocycles. The molecule has 0 saturated carbocycles. The number of nitrogens with two attached hydrogens (primary N) is 1. The van der Waals surface area contributed by atoms with Gasteiger partial charge in [-0.1, -0.05) is 81.4 Å². The van der Waals surface area contributed by atoms with Gasteiger partial charge in [-0.25, -0.2) is 0 Å². The summed E-state index contributed by atoms with van der Waals surface area (Å²) in [6, 6.07) is 37.9. The van der Waals surface area contributed by atoms with E-state index in [1.807, 2.05) is 60.7 Å². The fourth-order valence-corrected chi connectivity index (χ4v) is 5.41. The molecule has 222 valence electrons. The summed E-state index contributed by atoms with van der Waals surface area (Å²) in [6.07, 6.45) is 0. The average molecular weight is 592 g/mol. The molecule has 0 atom stereocenters. The van der Waals surface area contributed by atoms with Crippen LogP contribution in [-0.4, -0.2) is 16.7 Å². The number of aromatic hydroxyl groups is 1. The Hall–Kier alpha value is -5.68. The largest absolute Gasteiger partial charge is 0.507 e. The van der Waals surface area contributed by atoms with Crippen molar-refractivity contribution in [3.8, 4) is 28.4 Å². The molecule has 0 unspecified atom stereocenters. The Kier molecular flexibility index (Phi) is 7.69. The molecule has 0 saturated heterocycles. The van der Waals surface area contributed by atoms with Crippen molar-refractivity contribution in [3.05, 3.63) is 155 Å². The number of hydrogen-bond donors (Lipinski definition) is 2.